The van der Waals surface area contributed by atoms with Gasteiger partial charge in [-0.25, -0.2) is 4.99 Å². The van der Waals surface area contributed by atoms with Crippen molar-refractivity contribution in [2.75, 3.05) is 13.6 Å². The van der Waals surface area contributed by atoms with Crippen molar-refractivity contribution in [2.24, 2.45) is 10.7 Å². The van der Waals surface area contributed by atoms with E-state index in [1.165, 1.54) is 5.56 Å². The van der Waals surface area contributed by atoms with Gasteiger partial charge in [0.2, 0.25) is 0 Å². The Morgan fingerprint density at radius 3 is 1.97 bits per heavy atom. The Labute approximate surface area is 223 Å². The molecule has 4 aromatic carbocycles. The fourth-order valence-corrected chi connectivity index (χ4v) is 4.36. The maximum atomic E-state index is 13.0. The van der Waals surface area contributed by atoms with E-state index in [2.05, 4.69) is 22.4 Å². The second kappa shape index (κ2) is 12.5. The van der Waals surface area contributed by atoms with Gasteiger partial charge in [-0.05, 0) is 40.8 Å². The summed E-state index contributed by atoms with van der Waals surface area (Å²) in [6, 6.07) is 36.3. The number of nitrogens with two attached hydrogens (primary N) is 1. The number of benzene rings is 4. The zero-order chi connectivity index (χ0) is 26.8. The number of aliphatic imine (C=N–C) groups is 1. The molecule has 0 fully saturated rings. The molecule has 4 aromatic rings. The van der Waals surface area contributed by atoms with Crippen LogP contribution in [0.25, 0.3) is 0 Å². The number of nitrogens with zero attached hydrogens (tertiary/aromatic N) is 2. The van der Waals surface area contributed by atoms with Gasteiger partial charge in [0.1, 0.15) is 5.54 Å². The average Bonchev–Trinajstić information content (AvgIpc) is 2.99. The monoisotopic (exact) mass is 504 g/mol. The summed E-state index contributed by atoms with van der Waals surface area (Å²) >= 11 is 0. The number of rotatable bonds is 10. The molecule has 0 saturated heterocycles. The van der Waals surface area contributed by atoms with Crippen LogP contribution in [0.2, 0.25) is 0 Å². The summed E-state index contributed by atoms with van der Waals surface area (Å²) in [7, 11) is 1.81. The highest BCUT2D eigenvalue weighted by atomic mass is 16.2. The molecular weight excluding hydrogens is 472 g/mol. The van der Waals surface area contributed by atoms with Gasteiger partial charge < -0.3 is 16.0 Å². The van der Waals surface area contributed by atoms with Crippen LogP contribution in [0.4, 0.5) is 0 Å². The van der Waals surface area contributed by atoms with Crippen molar-refractivity contribution in [3.05, 3.63) is 143 Å². The maximum absolute atomic E-state index is 13.0. The number of carbonyl (C=O) groups excluding carboxylic acids is 2. The molecule has 4 rings (SSSR count). The van der Waals surface area contributed by atoms with Crippen molar-refractivity contribution >= 4 is 18.2 Å². The lowest BCUT2D eigenvalue weighted by atomic mass is 9.84. The molecular formula is C32H32N4O2. The van der Waals surface area contributed by atoms with Crippen molar-refractivity contribution in [1.29, 1.82) is 0 Å². The standard InChI is InChI=1S/C32H32N4O2/c1-36(21-20-25-12-5-2-6-13-25)30(38)27-15-11-14-26(22-27)23-34-31(33)35-32(24-37,28-16-7-3-8-17-28)29-18-9-4-10-19-29/h2-19,22,24H,20-21,23H2,1H3,(H3,33,34,35). The molecule has 0 atom stereocenters. The summed E-state index contributed by atoms with van der Waals surface area (Å²) in [4.78, 5) is 31.8. The third-order valence-corrected chi connectivity index (χ3v) is 6.49. The number of nitrogens with one attached hydrogen (secondary N) is 1. The Kier molecular flexibility index (Phi) is 8.67. The SMILES string of the molecule is CN(CCc1ccccc1)C(=O)c1cccc(CN=C(N)NC(C=O)(c2ccccc2)c2ccccc2)c1. The van der Waals surface area contributed by atoms with E-state index in [4.69, 9.17) is 5.73 Å². The second-order valence-corrected chi connectivity index (χ2v) is 9.15. The smallest absolute Gasteiger partial charge is 0.253 e. The Morgan fingerprint density at radius 2 is 1.39 bits per heavy atom. The predicted octanol–water partition coefficient (Wildman–Crippen LogP) is 4.55. The summed E-state index contributed by atoms with van der Waals surface area (Å²) in [5.74, 6) is 0.0764. The van der Waals surface area contributed by atoms with Gasteiger partial charge in [-0.15, -0.1) is 0 Å². The van der Waals surface area contributed by atoms with Crippen LogP contribution in [0.15, 0.2) is 120 Å². The first-order valence-corrected chi connectivity index (χ1v) is 12.6. The van der Waals surface area contributed by atoms with E-state index >= 15 is 0 Å². The number of aldehydes is 1. The van der Waals surface area contributed by atoms with Crippen LogP contribution in [0, 0.1) is 0 Å². The molecule has 0 unspecified atom stereocenters. The Morgan fingerprint density at radius 1 is 0.842 bits per heavy atom. The molecule has 0 heterocycles. The second-order valence-electron chi connectivity index (χ2n) is 9.15. The molecule has 0 aliphatic carbocycles. The molecule has 0 radical (unpaired) electrons. The summed E-state index contributed by atoms with van der Waals surface area (Å²) in [6.45, 7) is 0.876. The van der Waals surface area contributed by atoms with Crippen LogP contribution in [-0.2, 0) is 23.3 Å². The van der Waals surface area contributed by atoms with Crippen molar-refractivity contribution in [1.82, 2.24) is 10.2 Å². The van der Waals surface area contributed by atoms with Crippen molar-refractivity contribution in [3.8, 4) is 0 Å². The van der Waals surface area contributed by atoms with Crippen LogP contribution < -0.4 is 11.1 Å². The lowest BCUT2D eigenvalue weighted by Gasteiger charge is -2.31. The van der Waals surface area contributed by atoms with E-state index in [1.807, 2.05) is 104 Å². The van der Waals surface area contributed by atoms with Gasteiger partial charge in [0, 0.05) is 19.2 Å². The lowest BCUT2D eigenvalue weighted by Crippen LogP contribution is -2.51. The van der Waals surface area contributed by atoms with Gasteiger partial charge in [0.25, 0.3) is 5.91 Å². The quantitative estimate of drug-likeness (QED) is 0.188. The van der Waals surface area contributed by atoms with Crippen molar-refractivity contribution in [2.45, 2.75) is 18.5 Å². The fraction of sp³-hybridized carbons (Fsp3) is 0.156. The average molecular weight is 505 g/mol. The normalized spacial score (nSPS) is 11.6. The zero-order valence-electron chi connectivity index (χ0n) is 21.5. The molecule has 0 aromatic heterocycles. The molecule has 192 valence electrons. The first-order chi connectivity index (χ1) is 18.5. The van der Waals surface area contributed by atoms with E-state index < -0.39 is 5.54 Å². The molecule has 0 aliphatic rings. The summed E-state index contributed by atoms with van der Waals surface area (Å²) < 4.78 is 0. The maximum Gasteiger partial charge on any atom is 0.253 e. The van der Waals surface area contributed by atoms with Gasteiger partial charge >= 0.3 is 0 Å². The number of hydrogen-bond acceptors (Lipinski definition) is 3. The third kappa shape index (κ3) is 6.34. The highest BCUT2D eigenvalue weighted by molar-refractivity contribution is 5.94. The Bertz CT molecular complexity index is 1330. The van der Waals surface area contributed by atoms with Crippen LogP contribution >= 0.6 is 0 Å². The molecule has 0 saturated carbocycles. The topological polar surface area (TPSA) is 87.8 Å². The van der Waals surface area contributed by atoms with E-state index in [0.717, 1.165) is 29.4 Å². The van der Waals surface area contributed by atoms with Gasteiger partial charge in [-0.3, -0.25) is 9.59 Å². The molecule has 1 amide bonds. The number of amides is 1. The highest BCUT2D eigenvalue weighted by Gasteiger charge is 2.34. The summed E-state index contributed by atoms with van der Waals surface area (Å²) in [5, 5.41) is 3.16. The first kappa shape index (κ1) is 26.4. The van der Waals surface area contributed by atoms with E-state index in [-0.39, 0.29) is 18.4 Å². The zero-order valence-corrected chi connectivity index (χ0v) is 21.5. The molecule has 6 nitrogen and oxygen atoms in total. The fourth-order valence-electron chi connectivity index (χ4n) is 4.36. The minimum Gasteiger partial charge on any atom is -0.370 e. The van der Waals surface area contributed by atoms with Gasteiger partial charge in [0.05, 0.1) is 6.54 Å². The van der Waals surface area contributed by atoms with Crippen LogP contribution in [0.1, 0.15) is 32.6 Å². The summed E-state index contributed by atoms with van der Waals surface area (Å²) in [5.41, 5.74) is 9.25. The van der Waals surface area contributed by atoms with Crippen LogP contribution in [-0.4, -0.2) is 36.6 Å². The molecule has 38 heavy (non-hydrogen) atoms. The Hall–Kier alpha value is -4.71. The lowest BCUT2D eigenvalue weighted by molar-refractivity contribution is -0.111. The molecule has 0 bridgehead atoms. The summed E-state index contributed by atoms with van der Waals surface area (Å²) in [6.07, 6.45) is 1.64. The number of hydrogen-bond donors (Lipinski definition) is 2. The van der Waals surface area contributed by atoms with Gasteiger partial charge in [-0.2, -0.15) is 0 Å². The van der Waals surface area contributed by atoms with E-state index in [0.29, 0.717) is 12.1 Å². The van der Waals surface area contributed by atoms with E-state index in [1.54, 1.807) is 11.0 Å². The molecule has 0 spiro atoms. The third-order valence-electron chi connectivity index (χ3n) is 6.49. The van der Waals surface area contributed by atoms with Gasteiger partial charge in [0.15, 0.2) is 12.2 Å². The Balaban J connectivity index is 1.47. The van der Waals surface area contributed by atoms with Crippen molar-refractivity contribution < 1.29 is 9.59 Å². The predicted molar refractivity (Wildman–Crippen MR) is 152 cm³/mol. The molecule has 0 aliphatic heterocycles. The highest BCUT2D eigenvalue weighted by Crippen LogP contribution is 2.27. The number of guanidine groups is 1. The minimum absolute atomic E-state index is 0.0500. The van der Waals surface area contributed by atoms with E-state index in [9.17, 15) is 9.59 Å². The van der Waals surface area contributed by atoms with Crippen LogP contribution in [0.5, 0.6) is 0 Å². The van der Waals surface area contributed by atoms with Crippen molar-refractivity contribution in [3.63, 3.8) is 0 Å². The molecule has 3 N–H and O–H groups in total. The van der Waals surface area contributed by atoms with Gasteiger partial charge in [-0.1, -0.05) is 103 Å². The number of carbonyl (C=O) groups is 2. The first-order valence-electron chi connectivity index (χ1n) is 12.6. The largest absolute Gasteiger partial charge is 0.370 e. The molecule has 6 heteroatoms. The minimum atomic E-state index is -1.19. The number of likely N-dealkylation sites (N-methyl/N-ethyl adjacent to an activating group) is 1. The van der Waals surface area contributed by atoms with Crippen LogP contribution in [0.3, 0.4) is 0 Å².